The van der Waals surface area contributed by atoms with Gasteiger partial charge in [-0.2, -0.15) is 0 Å². The Balaban J connectivity index is 1.66. The molecule has 1 amide bonds. The lowest BCUT2D eigenvalue weighted by Crippen LogP contribution is -2.24. The summed E-state index contributed by atoms with van der Waals surface area (Å²) in [5.74, 6) is -0.0941. The summed E-state index contributed by atoms with van der Waals surface area (Å²) in [6.45, 7) is 1.09. The van der Waals surface area contributed by atoms with E-state index < -0.39 is 0 Å². The summed E-state index contributed by atoms with van der Waals surface area (Å²) >= 11 is 0. The number of hydrogen-bond donors (Lipinski definition) is 1. The van der Waals surface area contributed by atoms with Crippen LogP contribution in [0.15, 0.2) is 24.3 Å². The fourth-order valence-electron chi connectivity index (χ4n) is 2.16. The highest BCUT2D eigenvalue weighted by atomic mass is 16.2. The van der Waals surface area contributed by atoms with Crippen molar-refractivity contribution >= 4 is 17.4 Å². The van der Waals surface area contributed by atoms with Crippen LogP contribution < -0.4 is 10.2 Å². The number of rotatable bonds is 4. The highest BCUT2D eigenvalue weighted by molar-refractivity contribution is 6.14. The number of anilines is 1. The van der Waals surface area contributed by atoms with Crippen molar-refractivity contribution in [2.75, 3.05) is 11.4 Å². The van der Waals surface area contributed by atoms with Gasteiger partial charge in [0.2, 0.25) is 5.91 Å². The SMILES string of the molecule is O=C1CC(=O)N(c2ccc(CNC3CC3)cc2)C1. The summed E-state index contributed by atoms with van der Waals surface area (Å²) in [5.41, 5.74) is 2.03. The van der Waals surface area contributed by atoms with Crippen molar-refractivity contribution in [2.24, 2.45) is 0 Å². The van der Waals surface area contributed by atoms with Crippen LogP contribution in [0.1, 0.15) is 24.8 Å². The Bertz CT molecular complexity index is 477. The monoisotopic (exact) mass is 244 g/mol. The zero-order valence-electron chi connectivity index (χ0n) is 10.2. The highest BCUT2D eigenvalue weighted by Gasteiger charge is 2.28. The lowest BCUT2D eigenvalue weighted by Gasteiger charge is -2.15. The number of carbonyl (C=O) groups excluding carboxylic acids is 2. The van der Waals surface area contributed by atoms with Crippen LogP contribution in [0.4, 0.5) is 5.69 Å². The molecule has 0 unspecified atom stereocenters. The molecular formula is C14H16N2O2. The lowest BCUT2D eigenvalue weighted by molar-refractivity contribution is -0.121. The molecule has 1 aliphatic heterocycles. The molecule has 18 heavy (non-hydrogen) atoms. The minimum Gasteiger partial charge on any atom is -0.310 e. The normalized spacial score (nSPS) is 19.7. The van der Waals surface area contributed by atoms with E-state index in [0.29, 0.717) is 6.04 Å². The lowest BCUT2D eigenvalue weighted by atomic mass is 10.2. The zero-order valence-corrected chi connectivity index (χ0v) is 10.2. The standard InChI is InChI=1S/C14H16N2O2/c17-13-7-14(18)16(9-13)12-5-1-10(2-6-12)8-15-11-3-4-11/h1-2,5-6,11,15H,3-4,7-9H2. The Hall–Kier alpha value is -1.68. The maximum absolute atomic E-state index is 11.6. The quantitative estimate of drug-likeness (QED) is 0.811. The molecule has 94 valence electrons. The Morgan fingerprint density at radius 2 is 1.89 bits per heavy atom. The molecule has 1 aromatic carbocycles. The van der Waals surface area contributed by atoms with Crippen LogP contribution in [0, 0.1) is 0 Å². The van der Waals surface area contributed by atoms with E-state index in [1.165, 1.54) is 18.4 Å². The third-order valence-electron chi connectivity index (χ3n) is 3.40. The molecule has 0 atom stereocenters. The second-order valence-corrected chi connectivity index (χ2v) is 5.02. The smallest absolute Gasteiger partial charge is 0.234 e. The number of nitrogens with one attached hydrogen (secondary N) is 1. The third kappa shape index (κ3) is 2.43. The average Bonchev–Trinajstić information content (AvgIpc) is 3.13. The van der Waals surface area contributed by atoms with Crippen molar-refractivity contribution in [3.63, 3.8) is 0 Å². The van der Waals surface area contributed by atoms with Crippen LogP contribution in [0.5, 0.6) is 0 Å². The molecule has 1 saturated carbocycles. The van der Waals surface area contributed by atoms with Crippen molar-refractivity contribution in [2.45, 2.75) is 31.8 Å². The summed E-state index contributed by atoms with van der Waals surface area (Å²) in [6, 6.07) is 8.56. The molecule has 1 aromatic rings. The molecule has 0 aromatic heterocycles. The van der Waals surface area contributed by atoms with Gasteiger partial charge in [0.15, 0.2) is 5.78 Å². The predicted molar refractivity (Wildman–Crippen MR) is 68.3 cm³/mol. The second-order valence-electron chi connectivity index (χ2n) is 5.02. The summed E-state index contributed by atoms with van der Waals surface area (Å²) in [7, 11) is 0. The van der Waals surface area contributed by atoms with Gasteiger partial charge >= 0.3 is 0 Å². The van der Waals surface area contributed by atoms with E-state index in [0.717, 1.165) is 12.2 Å². The minimum absolute atomic E-state index is 0.000485. The summed E-state index contributed by atoms with van der Waals surface area (Å²) in [6.07, 6.45) is 2.61. The molecular weight excluding hydrogens is 228 g/mol. The fourth-order valence-corrected chi connectivity index (χ4v) is 2.16. The van der Waals surface area contributed by atoms with E-state index in [2.05, 4.69) is 5.32 Å². The molecule has 0 spiro atoms. The Morgan fingerprint density at radius 3 is 2.44 bits per heavy atom. The van der Waals surface area contributed by atoms with Crippen molar-refractivity contribution in [1.82, 2.24) is 5.32 Å². The number of benzene rings is 1. The van der Waals surface area contributed by atoms with Gasteiger partial charge in [0.05, 0.1) is 13.0 Å². The molecule has 0 bridgehead atoms. The zero-order chi connectivity index (χ0) is 12.5. The third-order valence-corrected chi connectivity index (χ3v) is 3.40. The van der Waals surface area contributed by atoms with Crippen molar-refractivity contribution < 1.29 is 9.59 Å². The Morgan fingerprint density at radius 1 is 1.17 bits per heavy atom. The molecule has 4 nitrogen and oxygen atoms in total. The van der Waals surface area contributed by atoms with Gasteiger partial charge in [-0.05, 0) is 30.5 Å². The van der Waals surface area contributed by atoms with E-state index in [9.17, 15) is 9.59 Å². The number of Topliss-reactive ketones (excluding diaryl/α,β-unsaturated/α-hetero) is 1. The first kappa shape index (κ1) is 11.4. The number of nitrogens with zero attached hydrogens (tertiary/aromatic N) is 1. The minimum atomic E-state index is -0.0937. The fraction of sp³-hybridized carbons (Fsp3) is 0.429. The van der Waals surface area contributed by atoms with Gasteiger partial charge in [0.1, 0.15) is 0 Å². The molecule has 1 saturated heterocycles. The topological polar surface area (TPSA) is 49.4 Å². The summed E-state index contributed by atoms with van der Waals surface area (Å²) in [4.78, 5) is 24.4. The molecule has 2 fully saturated rings. The van der Waals surface area contributed by atoms with Crippen LogP contribution in [-0.2, 0) is 16.1 Å². The van der Waals surface area contributed by atoms with Gasteiger partial charge in [0.25, 0.3) is 0 Å². The van der Waals surface area contributed by atoms with Crippen LogP contribution in [0.25, 0.3) is 0 Å². The number of ketones is 1. The molecule has 0 radical (unpaired) electrons. The van der Waals surface area contributed by atoms with Gasteiger partial charge < -0.3 is 10.2 Å². The van der Waals surface area contributed by atoms with Gasteiger partial charge in [-0.1, -0.05) is 12.1 Å². The maximum Gasteiger partial charge on any atom is 0.234 e. The average molecular weight is 244 g/mol. The first-order valence-electron chi connectivity index (χ1n) is 6.37. The molecule has 1 heterocycles. The van der Waals surface area contributed by atoms with E-state index in [1.54, 1.807) is 4.90 Å². The molecule has 1 N–H and O–H groups in total. The maximum atomic E-state index is 11.6. The number of amides is 1. The van der Waals surface area contributed by atoms with Crippen molar-refractivity contribution in [3.8, 4) is 0 Å². The number of carbonyl (C=O) groups is 2. The number of hydrogen-bond acceptors (Lipinski definition) is 3. The van der Waals surface area contributed by atoms with Gasteiger partial charge in [-0.15, -0.1) is 0 Å². The Kier molecular flexibility index (Phi) is 2.88. The van der Waals surface area contributed by atoms with Crippen LogP contribution in [0.3, 0.4) is 0 Å². The van der Waals surface area contributed by atoms with Crippen LogP contribution >= 0.6 is 0 Å². The van der Waals surface area contributed by atoms with Crippen LogP contribution in [-0.4, -0.2) is 24.3 Å². The van der Waals surface area contributed by atoms with Crippen molar-refractivity contribution in [3.05, 3.63) is 29.8 Å². The predicted octanol–water partition coefficient (Wildman–Crippen LogP) is 1.24. The van der Waals surface area contributed by atoms with Gasteiger partial charge in [-0.3, -0.25) is 9.59 Å². The molecule has 4 heteroatoms. The van der Waals surface area contributed by atoms with Gasteiger partial charge in [-0.25, -0.2) is 0 Å². The summed E-state index contributed by atoms with van der Waals surface area (Å²) in [5, 5.41) is 3.44. The van der Waals surface area contributed by atoms with Gasteiger partial charge in [0, 0.05) is 18.3 Å². The summed E-state index contributed by atoms with van der Waals surface area (Å²) < 4.78 is 0. The molecule has 3 rings (SSSR count). The largest absolute Gasteiger partial charge is 0.310 e. The van der Waals surface area contributed by atoms with E-state index in [-0.39, 0.29) is 24.7 Å². The first-order chi connectivity index (χ1) is 8.72. The van der Waals surface area contributed by atoms with Crippen LogP contribution in [0.2, 0.25) is 0 Å². The molecule has 1 aliphatic carbocycles. The van der Waals surface area contributed by atoms with Crippen molar-refractivity contribution in [1.29, 1.82) is 0 Å². The highest BCUT2D eigenvalue weighted by Crippen LogP contribution is 2.22. The van der Waals surface area contributed by atoms with E-state index in [1.807, 2.05) is 24.3 Å². The van der Waals surface area contributed by atoms with E-state index >= 15 is 0 Å². The first-order valence-corrected chi connectivity index (χ1v) is 6.37. The Labute approximate surface area is 106 Å². The second kappa shape index (κ2) is 4.53. The van der Waals surface area contributed by atoms with E-state index in [4.69, 9.17) is 0 Å². The molecule has 2 aliphatic rings.